The molecule has 1 N–H and O–H groups in total. The molecule has 0 radical (unpaired) electrons. The van der Waals surface area contributed by atoms with E-state index in [1.165, 1.54) is 39.3 Å². The van der Waals surface area contributed by atoms with Crippen LogP contribution in [0.5, 0.6) is 0 Å². The van der Waals surface area contributed by atoms with Crippen molar-refractivity contribution in [2.75, 3.05) is 4.90 Å². The van der Waals surface area contributed by atoms with Gasteiger partial charge in [0.25, 0.3) is 0 Å². The maximum atomic E-state index is 5.94. The molecule has 178 valence electrons. The number of aromatic nitrogens is 2. The van der Waals surface area contributed by atoms with Crippen molar-refractivity contribution < 1.29 is 0 Å². The van der Waals surface area contributed by atoms with Crippen molar-refractivity contribution in [3.63, 3.8) is 0 Å². The van der Waals surface area contributed by atoms with E-state index in [2.05, 4.69) is 104 Å². The van der Waals surface area contributed by atoms with Crippen molar-refractivity contribution in [2.24, 2.45) is 0 Å². The maximum absolute atomic E-state index is 5.94. The minimum absolute atomic E-state index is 0.0191. The van der Waals surface area contributed by atoms with Crippen LogP contribution in [0.2, 0.25) is 0 Å². The molecule has 1 aliphatic rings. The number of nitrogens with zero attached hydrogens (tertiary/aromatic N) is 3. The highest BCUT2D eigenvalue weighted by atomic mass is 32.1. The lowest BCUT2D eigenvalue weighted by atomic mass is 9.96. The molecule has 35 heavy (non-hydrogen) atoms. The molecule has 0 aliphatic carbocycles. The van der Waals surface area contributed by atoms with Crippen LogP contribution in [-0.2, 0) is 6.42 Å². The third kappa shape index (κ3) is 4.14. The molecule has 1 aliphatic heterocycles. The predicted octanol–water partition coefficient (Wildman–Crippen LogP) is 6.85. The highest BCUT2D eigenvalue weighted by molar-refractivity contribution is 7.80. The van der Waals surface area contributed by atoms with E-state index in [1.807, 2.05) is 18.3 Å². The van der Waals surface area contributed by atoms with Gasteiger partial charge in [-0.05, 0) is 111 Å². The molecule has 3 heterocycles. The number of anilines is 1. The molecule has 2 aromatic heterocycles. The number of hydrogen-bond donors (Lipinski definition) is 1. The first-order valence-electron chi connectivity index (χ1n) is 12.2. The molecule has 0 bridgehead atoms. The highest BCUT2D eigenvalue weighted by Crippen LogP contribution is 2.44. The Kier molecular flexibility index (Phi) is 6.20. The van der Waals surface area contributed by atoms with Gasteiger partial charge in [-0.15, -0.1) is 0 Å². The summed E-state index contributed by atoms with van der Waals surface area (Å²) in [5, 5.41) is 4.33. The second-order valence-corrected chi connectivity index (χ2v) is 9.83. The summed E-state index contributed by atoms with van der Waals surface area (Å²) < 4.78 is 2.35. The van der Waals surface area contributed by atoms with Crippen molar-refractivity contribution in [2.45, 2.75) is 53.1 Å². The number of thiocarbonyl (C=S) groups is 1. The summed E-state index contributed by atoms with van der Waals surface area (Å²) in [5.41, 5.74) is 10.8. The summed E-state index contributed by atoms with van der Waals surface area (Å²) in [6.07, 6.45) is 2.89. The minimum Gasteiger partial charge on any atom is -0.351 e. The van der Waals surface area contributed by atoms with Gasteiger partial charge in [-0.1, -0.05) is 31.2 Å². The number of hydrogen-bond acceptors (Lipinski definition) is 2. The molecule has 0 amide bonds. The maximum Gasteiger partial charge on any atom is 0.174 e. The van der Waals surface area contributed by atoms with Gasteiger partial charge in [0.1, 0.15) is 0 Å². The lowest BCUT2D eigenvalue weighted by Crippen LogP contribution is -2.29. The lowest BCUT2D eigenvalue weighted by Gasteiger charge is -2.28. The second-order valence-electron chi connectivity index (χ2n) is 9.45. The number of rotatable bonds is 5. The van der Waals surface area contributed by atoms with E-state index in [0.29, 0.717) is 0 Å². The van der Waals surface area contributed by atoms with Gasteiger partial charge in [0.2, 0.25) is 0 Å². The van der Waals surface area contributed by atoms with Gasteiger partial charge in [-0.25, -0.2) is 0 Å². The van der Waals surface area contributed by atoms with Gasteiger partial charge >= 0.3 is 0 Å². The van der Waals surface area contributed by atoms with Crippen LogP contribution >= 0.6 is 12.2 Å². The third-order valence-corrected chi connectivity index (χ3v) is 7.57. The molecule has 2 atom stereocenters. The Morgan fingerprint density at radius 3 is 2.29 bits per heavy atom. The first-order valence-corrected chi connectivity index (χ1v) is 12.7. The summed E-state index contributed by atoms with van der Waals surface area (Å²) in [7, 11) is 0. The van der Waals surface area contributed by atoms with E-state index < -0.39 is 0 Å². The molecular formula is C30H32N4S. The zero-order chi connectivity index (χ0) is 24.7. The zero-order valence-corrected chi connectivity index (χ0v) is 21.9. The number of pyridine rings is 1. The SMILES string of the molecule is CCc1ccc(-n2c(C)cc([C@H]3[C@H](c4ccccn4)NC(=S)N3c3ccc(C)c(C)c3)c2C)cc1. The van der Waals surface area contributed by atoms with Gasteiger partial charge < -0.3 is 14.8 Å². The van der Waals surface area contributed by atoms with Crippen LogP contribution in [0.15, 0.2) is 72.9 Å². The largest absolute Gasteiger partial charge is 0.351 e. The average Bonchev–Trinajstić information content (AvgIpc) is 3.36. The summed E-state index contributed by atoms with van der Waals surface area (Å²) in [6.45, 7) is 10.9. The lowest BCUT2D eigenvalue weighted by molar-refractivity contribution is 0.565. The van der Waals surface area contributed by atoms with Crippen LogP contribution in [0, 0.1) is 27.7 Å². The molecule has 4 aromatic rings. The Morgan fingerprint density at radius 2 is 1.63 bits per heavy atom. The van der Waals surface area contributed by atoms with Crippen molar-refractivity contribution in [3.05, 3.63) is 112 Å². The Labute approximate surface area is 213 Å². The number of nitrogens with one attached hydrogen (secondary N) is 1. The highest BCUT2D eigenvalue weighted by Gasteiger charge is 2.42. The van der Waals surface area contributed by atoms with Gasteiger partial charge in [0.15, 0.2) is 5.11 Å². The Hall–Kier alpha value is -3.44. The molecule has 1 saturated heterocycles. The van der Waals surface area contributed by atoms with Crippen LogP contribution in [0.3, 0.4) is 0 Å². The monoisotopic (exact) mass is 480 g/mol. The van der Waals surface area contributed by atoms with E-state index in [0.717, 1.165) is 22.9 Å². The van der Waals surface area contributed by atoms with Crippen LogP contribution < -0.4 is 10.2 Å². The van der Waals surface area contributed by atoms with Gasteiger partial charge in [0.05, 0.1) is 17.8 Å². The van der Waals surface area contributed by atoms with Crippen molar-refractivity contribution in [1.82, 2.24) is 14.9 Å². The van der Waals surface area contributed by atoms with Crippen LogP contribution in [0.4, 0.5) is 5.69 Å². The van der Waals surface area contributed by atoms with E-state index in [1.54, 1.807) is 0 Å². The molecule has 0 spiro atoms. The third-order valence-electron chi connectivity index (χ3n) is 7.26. The molecule has 5 rings (SSSR count). The molecular weight excluding hydrogens is 448 g/mol. The van der Waals surface area contributed by atoms with Crippen molar-refractivity contribution in [1.29, 1.82) is 0 Å². The minimum atomic E-state index is -0.0540. The Bertz CT molecular complexity index is 1370. The summed E-state index contributed by atoms with van der Waals surface area (Å²) in [4.78, 5) is 6.98. The molecule has 0 saturated carbocycles. The van der Waals surface area contributed by atoms with Gasteiger partial charge in [0, 0.05) is 29.0 Å². The molecule has 5 heteroatoms. The molecule has 2 aromatic carbocycles. The van der Waals surface area contributed by atoms with Gasteiger partial charge in [-0.2, -0.15) is 0 Å². The fourth-order valence-electron chi connectivity index (χ4n) is 5.19. The van der Waals surface area contributed by atoms with Gasteiger partial charge in [-0.3, -0.25) is 4.98 Å². The van der Waals surface area contributed by atoms with E-state index in [4.69, 9.17) is 17.2 Å². The second kappa shape index (κ2) is 9.31. The zero-order valence-electron chi connectivity index (χ0n) is 21.0. The Morgan fingerprint density at radius 1 is 0.886 bits per heavy atom. The topological polar surface area (TPSA) is 33.1 Å². The van der Waals surface area contributed by atoms with E-state index >= 15 is 0 Å². The van der Waals surface area contributed by atoms with Crippen LogP contribution in [0.25, 0.3) is 5.69 Å². The normalized spacial score (nSPS) is 17.6. The smallest absolute Gasteiger partial charge is 0.174 e. The fraction of sp³-hybridized carbons (Fsp3) is 0.267. The summed E-state index contributed by atoms with van der Waals surface area (Å²) in [5.74, 6) is 0. The first-order chi connectivity index (χ1) is 16.9. The number of benzene rings is 2. The average molecular weight is 481 g/mol. The molecule has 4 nitrogen and oxygen atoms in total. The number of aryl methyl sites for hydroxylation is 4. The Balaban J connectivity index is 1.66. The first kappa shape index (κ1) is 23.3. The van der Waals surface area contributed by atoms with E-state index in [-0.39, 0.29) is 12.1 Å². The van der Waals surface area contributed by atoms with Crippen molar-refractivity contribution >= 4 is 23.0 Å². The molecule has 0 unspecified atom stereocenters. The fourth-order valence-corrected chi connectivity index (χ4v) is 5.54. The predicted molar refractivity (Wildman–Crippen MR) is 148 cm³/mol. The summed E-state index contributed by atoms with van der Waals surface area (Å²) >= 11 is 5.94. The van der Waals surface area contributed by atoms with Crippen LogP contribution in [-0.4, -0.2) is 14.7 Å². The van der Waals surface area contributed by atoms with Crippen LogP contribution in [0.1, 0.15) is 58.3 Å². The standard InChI is InChI=1S/C30H32N4S/c1-6-23-11-14-24(15-12-23)33-21(4)18-26(22(33)5)29-28(27-9-7-8-16-31-27)32-30(35)34(29)25-13-10-19(2)20(3)17-25/h7-18,28-29H,6H2,1-5H3,(H,32,35)/t28-,29-/m0/s1. The summed E-state index contributed by atoms with van der Waals surface area (Å²) in [6, 6.07) is 23.8. The van der Waals surface area contributed by atoms with Crippen molar-refractivity contribution in [3.8, 4) is 5.69 Å². The molecule has 1 fully saturated rings. The van der Waals surface area contributed by atoms with E-state index in [9.17, 15) is 0 Å². The quantitative estimate of drug-likeness (QED) is 0.317.